The maximum atomic E-state index is 13.4. The molecule has 0 bridgehead atoms. The number of aliphatic hydroxyl groups is 2. The van der Waals surface area contributed by atoms with Crippen LogP contribution in [0.3, 0.4) is 0 Å². The van der Waals surface area contributed by atoms with Gasteiger partial charge >= 0.3 is 5.63 Å². The average molecular weight is 524 g/mol. The van der Waals surface area contributed by atoms with Crippen LogP contribution in [0.15, 0.2) is 39.5 Å². The van der Waals surface area contributed by atoms with Crippen molar-refractivity contribution < 1.29 is 33.9 Å². The molecule has 9 nitrogen and oxygen atoms in total. The topological polar surface area (TPSA) is 122 Å². The van der Waals surface area contributed by atoms with E-state index >= 15 is 0 Å². The van der Waals surface area contributed by atoms with Crippen molar-refractivity contribution in [2.75, 3.05) is 28.3 Å². The zero-order valence-corrected chi connectivity index (χ0v) is 22.3. The number of phenolic OH excluding ortho intramolecular Hbond substituents is 1. The molecule has 9 heteroatoms. The highest BCUT2D eigenvalue weighted by atomic mass is 16.5. The number of hydrogen-bond donors (Lipinski definition) is 3. The van der Waals surface area contributed by atoms with E-state index in [0.29, 0.717) is 50.4 Å². The van der Waals surface area contributed by atoms with Crippen LogP contribution in [-0.2, 0) is 11.2 Å². The van der Waals surface area contributed by atoms with Gasteiger partial charge in [-0.25, -0.2) is 4.79 Å². The number of likely N-dealkylation sites (N-methyl/N-ethyl adjacent to an activating group) is 1. The lowest BCUT2D eigenvalue weighted by Crippen LogP contribution is -2.58. The molecule has 3 N–H and O–H groups in total. The Hall–Kier alpha value is -3.37. The highest BCUT2D eigenvalue weighted by molar-refractivity contribution is 6.19. The summed E-state index contributed by atoms with van der Waals surface area (Å²) in [7, 11) is 6.60. The summed E-state index contributed by atoms with van der Waals surface area (Å²) < 4.78 is 23.5. The molecule has 38 heavy (non-hydrogen) atoms. The lowest BCUT2D eigenvalue weighted by molar-refractivity contribution is -0.197. The monoisotopic (exact) mass is 523 g/mol. The number of phenols is 1. The van der Waals surface area contributed by atoms with E-state index in [2.05, 4.69) is 0 Å². The number of methoxy groups -OCH3 is 2. The molecule has 1 aromatic heterocycles. The predicted octanol–water partition coefficient (Wildman–Crippen LogP) is 3.50. The molecule has 2 heterocycles. The third-order valence-corrected chi connectivity index (χ3v) is 7.66. The number of aryl methyl sites for hydroxylation is 1. The second kappa shape index (κ2) is 9.74. The molecule has 1 aliphatic heterocycles. The Balaban J connectivity index is 1.93. The summed E-state index contributed by atoms with van der Waals surface area (Å²) in [6.45, 7) is 3.73. The highest BCUT2D eigenvalue weighted by Crippen LogP contribution is 2.47. The number of aliphatic hydroxyl groups excluding tert-OH is 2. The molecule has 1 aliphatic rings. The van der Waals surface area contributed by atoms with E-state index in [4.69, 9.17) is 18.6 Å². The normalized spacial score (nSPS) is 24.0. The summed E-state index contributed by atoms with van der Waals surface area (Å²) in [5.41, 5.74) is 1.07. The summed E-state index contributed by atoms with van der Waals surface area (Å²) in [6, 6.07) is 7.92. The van der Waals surface area contributed by atoms with Gasteiger partial charge in [0.1, 0.15) is 35.0 Å². The third-order valence-electron chi connectivity index (χ3n) is 7.66. The molecule has 5 rings (SSSR count). The van der Waals surface area contributed by atoms with Crippen LogP contribution in [0.4, 0.5) is 0 Å². The molecule has 1 saturated heterocycles. The number of fused-ring (bicyclic) bond motifs is 5. The summed E-state index contributed by atoms with van der Waals surface area (Å²) in [4.78, 5) is 15.1. The third kappa shape index (κ3) is 3.89. The first kappa shape index (κ1) is 26.2. The Morgan fingerprint density at radius 1 is 0.947 bits per heavy atom. The molecular weight excluding hydrogens is 490 g/mol. The van der Waals surface area contributed by atoms with Gasteiger partial charge < -0.3 is 38.8 Å². The maximum absolute atomic E-state index is 13.4. The molecule has 202 valence electrons. The van der Waals surface area contributed by atoms with Crippen LogP contribution in [-0.4, -0.2) is 72.9 Å². The first-order valence-corrected chi connectivity index (χ1v) is 12.6. The van der Waals surface area contributed by atoms with Crippen molar-refractivity contribution in [1.29, 1.82) is 0 Å². The van der Waals surface area contributed by atoms with Crippen LogP contribution >= 0.6 is 0 Å². The Kier molecular flexibility index (Phi) is 6.73. The lowest BCUT2D eigenvalue weighted by atomic mass is 9.86. The molecule has 0 amide bonds. The van der Waals surface area contributed by atoms with Gasteiger partial charge in [0, 0.05) is 16.2 Å². The number of rotatable bonds is 5. The van der Waals surface area contributed by atoms with Crippen LogP contribution in [0.1, 0.15) is 31.1 Å². The first-order valence-electron chi connectivity index (χ1n) is 12.6. The Morgan fingerprint density at radius 3 is 2.26 bits per heavy atom. The predicted molar refractivity (Wildman–Crippen MR) is 144 cm³/mol. The van der Waals surface area contributed by atoms with E-state index in [0.717, 1.165) is 5.56 Å². The fraction of sp³-hybridized carbons (Fsp3) is 0.414. The Morgan fingerprint density at radius 2 is 1.63 bits per heavy atom. The maximum Gasteiger partial charge on any atom is 0.344 e. The summed E-state index contributed by atoms with van der Waals surface area (Å²) in [6.07, 6.45) is -2.85. The zero-order valence-electron chi connectivity index (χ0n) is 22.3. The van der Waals surface area contributed by atoms with Crippen molar-refractivity contribution in [3.63, 3.8) is 0 Å². The number of benzene rings is 3. The Labute approximate surface area is 219 Å². The fourth-order valence-corrected chi connectivity index (χ4v) is 5.74. The van der Waals surface area contributed by atoms with Gasteiger partial charge in [-0.2, -0.15) is 0 Å². The van der Waals surface area contributed by atoms with Gasteiger partial charge in [0.05, 0.1) is 43.2 Å². The molecule has 0 aliphatic carbocycles. The second-order valence-corrected chi connectivity index (χ2v) is 10.0. The largest absolute Gasteiger partial charge is 0.507 e. The van der Waals surface area contributed by atoms with E-state index in [1.165, 1.54) is 13.2 Å². The average Bonchev–Trinajstić information content (AvgIpc) is 2.90. The first-order chi connectivity index (χ1) is 18.1. The minimum absolute atomic E-state index is 0.0823. The minimum atomic E-state index is -1.13. The van der Waals surface area contributed by atoms with E-state index in [-0.39, 0.29) is 11.3 Å². The van der Waals surface area contributed by atoms with Crippen LogP contribution in [0.25, 0.3) is 32.5 Å². The van der Waals surface area contributed by atoms with Crippen molar-refractivity contribution >= 4 is 32.5 Å². The van der Waals surface area contributed by atoms with E-state index in [1.807, 2.05) is 13.0 Å². The number of ether oxygens (including phenoxy) is 3. The van der Waals surface area contributed by atoms with Crippen molar-refractivity contribution in [3.05, 3.63) is 51.9 Å². The SMILES string of the molecule is CCc1cc(OC)c2c(c1)c(=O)oc1c2cc(OC)c2c(O)ccc([C@@H]3O[C@@H](C)[C@H](O)[C@H](N(C)C)[C@H]3O)c21. The lowest BCUT2D eigenvalue weighted by Gasteiger charge is -2.45. The molecule has 1 fully saturated rings. The van der Waals surface area contributed by atoms with Crippen molar-refractivity contribution in [3.8, 4) is 17.2 Å². The van der Waals surface area contributed by atoms with Crippen molar-refractivity contribution in [1.82, 2.24) is 4.90 Å². The summed E-state index contributed by atoms with van der Waals surface area (Å²) in [5, 5.41) is 35.3. The number of nitrogens with zero attached hydrogens (tertiary/aromatic N) is 1. The van der Waals surface area contributed by atoms with Gasteiger partial charge in [0.2, 0.25) is 0 Å². The molecule has 0 radical (unpaired) electrons. The molecule has 0 unspecified atom stereocenters. The van der Waals surface area contributed by atoms with Crippen LogP contribution in [0.5, 0.6) is 17.2 Å². The van der Waals surface area contributed by atoms with Gasteiger partial charge in [-0.1, -0.05) is 13.0 Å². The molecule has 0 saturated carbocycles. The summed E-state index contributed by atoms with van der Waals surface area (Å²) >= 11 is 0. The smallest absolute Gasteiger partial charge is 0.344 e. The van der Waals surface area contributed by atoms with Gasteiger partial charge in [-0.15, -0.1) is 0 Å². The molecule has 5 atom stereocenters. The van der Waals surface area contributed by atoms with Crippen LogP contribution in [0, 0.1) is 0 Å². The zero-order chi connectivity index (χ0) is 27.5. The quantitative estimate of drug-likeness (QED) is 0.267. The van der Waals surface area contributed by atoms with Crippen LogP contribution in [0.2, 0.25) is 0 Å². The molecule has 4 aromatic rings. The molecule has 0 spiro atoms. The highest BCUT2D eigenvalue weighted by Gasteiger charge is 2.45. The fourth-order valence-electron chi connectivity index (χ4n) is 5.74. The van der Waals surface area contributed by atoms with E-state index < -0.39 is 36.1 Å². The van der Waals surface area contributed by atoms with E-state index in [9.17, 15) is 20.1 Å². The minimum Gasteiger partial charge on any atom is -0.507 e. The van der Waals surface area contributed by atoms with Gasteiger partial charge in [0.25, 0.3) is 0 Å². The molecular formula is C29H33NO8. The summed E-state index contributed by atoms with van der Waals surface area (Å²) in [5.74, 6) is 0.783. The van der Waals surface area contributed by atoms with Gasteiger partial charge in [0.15, 0.2) is 0 Å². The molecule has 3 aromatic carbocycles. The van der Waals surface area contributed by atoms with Crippen molar-refractivity contribution in [2.45, 2.75) is 50.7 Å². The van der Waals surface area contributed by atoms with E-state index in [1.54, 1.807) is 51.2 Å². The number of aromatic hydroxyl groups is 1. The standard InChI is InChI=1S/C29H33NO8/c1-7-14-10-17-21(19(11-14)35-5)16-12-20(36-6)23-18(31)9-8-15(22(23)27(16)38-29(17)34)28-26(33)24(30(3)4)25(32)13(2)37-28/h8-13,24-26,28,31-33H,7H2,1-6H3/t13-,24-,25-,26+,28-/m0/s1. The van der Waals surface area contributed by atoms with Gasteiger partial charge in [-0.05, 0) is 62.8 Å². The Bertz CT molecular complexity index is 1590. The van der Waals surface area contributed by atoms with Gasteiger partial charge in [-0.3, -0.25) is 0 Å². The number of hydrogen-bond acceptors (Lipinski definition) is 9. The second-order valence-electron chi connectivity index (χ2n) is 10.0. The van der Waals surface area contributed by atoms with Crippen molar-refractivity contribution in [2.24, 2.45) is 0 Å². The van der Waals surface area contributed by atoms with Crippen LogP contribution < -0.4 is 15.1 Å².